The molecule has 0 unspecified atom stereocenters. The zero-order valence-corrected chi connectivity index (χ0v) is 12.0. The van der Waals surface area contributed by atoms with Gasteiger partial charge in [-0.25, -0.2) is 9.07 Å². The molecule has 2 aromatic rings. The molecular formula is C15H17FN4O2. The summed E-state index contributed by atoms with van der Waals surface area (Å²) in [5.41, 5.74) is 0.995. The van der Waals surface area contributed by atoms with Crippen LogP contribution in [0.3, 0.4) is 0 Å². The van der Waals surface area contributed by atoms with Crippen molar-refractivity contribution < 1.29 is 14.3 Å². The first kappa shape index (κ1) is 14.6. The number of aliphatic hydroxyl groups excluding tert-OH is 1. The smallest absolute Gasteiger partial charge is 0.276 e. The van der Waals surface area contributed by atoms with Crippen LogP contribution in [0.25, 0.3) is 0 Å². The van der Waals surface area contributed by atoms with E-state index in [9.17, 15) is 9.18 Å². The highest BCUT2D eigenvalue weighted by Crippen LogP contribution is 2.27. The van der Waals surface area contributed by atoms with Gasteiger partial charge in [0.15, 0.2) is 5.69 Å². The summed E-state index contributed by atoms with van der Waals surface area (Å²) in [6.45, 7) is 0.585. The molecule has 1 aromatic heterocycles. The van der Waals surface area contributed by atoms with Crippen molar-refractivity contribution in [1.29, 1.82) is 0 Å². The summed E-state index contributed by atoms with van der Waals surface area (Å²) in [4.78, 5) is 14.0. The number of amides is 1. The van der Waals surface area contributed by atoms with Crippen LogP contribution in [0.1, 0.15) is 28.9 Å². The molecule has 1 aromatic carbocycles. The van der Waals surface area contributed by atoms with Gasteiger partial charge in [0.05, 0.1) is 19.3 Å². The first-order chi connectivity index (χ1) is 10.7. The average molecular weight is 304 g/mol. The molecule has 1 aliphatic carbocycles. The third kappa shape index (κ3) is 3.30. The molecule has 6 nitrogen and oxygen atoms in total. The number of nitrogens with zero attached hydrogens (tertiary/aromatic N) is 4. The molecule has 7 heteroatoms. The Hall–Kier alpha value is -2.28. The molecule has 0 radical (unpaired) electrons. The highest BCUT2D eigenvalue weighted by Gasteiger charge is 2.33. The molecule has 0 saturated heterocycles. The van der Waals surface area contributed by atoms with E-state index in [4.69, 9.17) is 5.11 Å². The number of carbonyl (C=O) groups is 1. The number of carbonyl (C=O) groups excluding carboxylic acids is 1. The van der Waals surface area contributed by atoms with E-state index in [2.05, 4.69) is 10.3 Å². The van der Waals surface area contributed by atoms with Gasteiger partial charge >= 0.3 is 0 Å². The number of aromatic nitrogens is 3. The summed E-state index contributed by atoms with van der Waals surface area (Å²) < 4.78 is 14.7. The van der Waals surface area contributed by atoms with Crippen molar-refractivity contribution in [1.82, 2.24) is 19.9 Å². The molecule has 1 heterocycles. The molecule has 1 saturated carbocycles. The van der Waals surface area contributed by atoms with Gasteiger partial charge in [-0.05, 0) is 30.5 Å². The fraction of sp³-hybridized carbons (Fsp3) is 0.400. The Labute approximate surface area is 127 Å². The van der Waals surface area contributed by atoms with Gasteiger partial charge in [-0.3, -0.25) is 4.79 Å². The van der Waals surface area contributed by atoms with Crippen LogP contribution in [0.15, 0.2) is 30.5 Å². The molecule has 1 aliphatic rings. The third-order valence-electron chi connectivity index (χ3n) is 3.58. The van der Waals surface area contributed by atoms with Crippen LogP contribution >= 0.6 is 0 Å². The highest BCUT2D eigenvalue weighted by atomic mass is 19.1. The third-order valence-corrected chi connectivity index (χ3v) is 3.58. The zero-order valence-electron chi connectivity index (χ0n) is 12.0. The molecular weight excluding hydrogens is 287 g/mol. The number of benzene rings is 1. The predicted octanol–water partition coefficient (Wildman–Crippen LogP) is 1.06. The summed E-state index contributed by atoms with van der Waals surface area (Å²) in [5, 5.41) is 16.9. The van der Waals surface area contributed by atoms with E-state index in [0.29, 0.717) is 13.1 Å². The molecule has 0 atom stereocenters. The summed E-state index contributed by atoms with van der Waals surface area (Å²) in [6.07, 6.45) is 3.48. The van der Waals surface area contributed by atoms with Gasteiger partial charge in [0.2, 0.25) is 0 Å². The van der Waals surface area contributed by atoms with E-state index in [0.717, 1.165) is 18.4 Å². The maximum absolute atomic E-state index is 13.2. The number of hydrogen-bond acceptors (Lipinski definition) is 4. The minimum atomic E-state index is -0.309. The summed E-state index contributed by atoms with van der Waals surface area (Å²) in [6, 6.07) is 6.42. The van der Waals surface area contributed by atoms with E-state index in [1.54, 1.807) is 23.2 Å². The Bertz CT molecular complexity index is 669. The Kier molecular flexibility index (Phi) is 4.15. The SMILES string of the molecule is O=C(c1cn(Cc2cccc(F)c2)nn1)N(CCO)C1CC1. The average Bonchev–Trinajstić information content (AvgIpc) is 3.23. The van der Waals surface area contributed by atoms with Crippen LogP contribution in [0.2, 0.25) is 0 Å². The van der Waals surface area contributed by atoms with Crippen LogP contribution in [0.5, 0.6) is 0 Å². The lowest BCUT2D eigenvalue weighted by Gasteiger charge is -2.19. The van der Waals surface area contributed by atoms with Gasteiger partial charge in [-0.1, -0.05) is 17.3 Å². The van der Waals surface area contributed by atoms with Crippen molar-refractivity contribution in [3.8, 4) is 0 Å². The molecule has 1 N–H and O–H groups in total. The van der Waals surface area contributed by atoms with Gasteiger partial charge in [-0.15, -0.1) is 5.10 Å². The van der Waals surface area contributed by atoms with Crippen molar-refractivity contribution in [3.63, 3.8) is 0 Å². The minimum absolute atomic E-state index is 0.0698. The van der Waals surface area contributed by atoms with Crippen molar-refractivity contribution in [2.75, 3.05) is 13.2 Å². The molecule has 0 aliphatic heterocycles. The Balaban J connectivity index is 1.71. The van der Waals surface area contributed by atoms with Gasteiger partial charge in [0.25, 0.3) is 5.91 Å². The molecule has 1 amide bonds. The topological polar surface area (TPSA) is 71.2 Å². The van der Waals surface area contributed by atoms with E-state index < -0.39 is 0 Å². The van der Waals surface area contributed by atoms with Crippen LogP contribution in [0, 0.1) is 5.82 Å². The van der Waals surface area contributed by atoms with Gasteiger partial charge in [0.1, 0.15) is 5.82 Å². The standard InChI is InChI=1S/C15H17FN4O2/c16-12-3-1-2-11(8-12)9-19-10-14(17-18-19)15(22)20(6-7-21)13-4-5-13/h1-3,8,10,13,21H,4-7,9H2. The van der Waals surface area contributed by atoms with Gasteiger partial charge in [0, 0.05) is 12.6 Å². The van der Waals surface area contributed by atoms with Crippen molar-refractivity contribution in [3.05, 3.63) is 47.5 Å². The largest absolute Gasteiger partial charge is 0.395 e. The molecule has 3 rings (SSSR count). The maximum atomic E-state index is 13.2. The van der Waals surface area contributed by atoms with E-state index in [1.165, 1.54) is 16.8 Å². The number of aliphatic hydroxyl groups is 1. The number of hydrogen-bond donors (Lipinski definition) is 1. The normalized spacial score (nSPS) is 14.1. The lowest BCUT2D eigenvalue weighted by atomic mass is 10.2. The van der Waals surface area contributed by atoms with Crippen LogP contribution in [-0.4, -0.2) is 50.1 Å². The summed E-state index contributed by atoms with van der Waals surface area (Å²) in [5.74, 6) is -0.529. The van der Waals surface area contributed by atoms with Gasteiger partial charge in [-0.2, -0.15) is 0 Å². The Morgan fingerprint density at radius 2 is 2.27 bits per heavy atom. The molecule has 0 bridgehead atoms. The Morgan fingerprint density at radius 3 is 2.95 bits per heavy atom. The second-order valence-electron chi connectivity index (χ2n) is 5.38. The zero-order chi connectivity index (χ0) is 15.5. The van der Waals surface area contributed by atoms with E-state index in [-0.39, 0.29) is 30.1 Å². The lowest BCUT2D eigenvalue weighted by Crippen LogP contribution is -2.35. The number of halogens is 1. The van der Waals surface area contributed by atoms with Crippen LogP contribution in [-0.2, 0) is 6.54 Å². The van der Waals surface area contributed by atoms with Crippen molar-refractivity contribution in [2.24, 2.45) is 0 Å². The van der Waals surface area contributed by atoms with Crippen LogP contribution < -0.4 is 0 Å². The van der Waals surface area contributed by atoms with Crippen molar-refractivity contribution >= 4 is 5.91 Å². The fourth-order valence-electron chi connectivity index (χ4n) is 2.39. The van der Waals surface area contributed by atoms with Gasteiger partial charge < -0.3 is 10.0 Å². The quantitative estimate of drug-likeness (QED) is 0.866. The molecule has 116 valence electrons. The first-order valence-electron chi connectivity index (χ1n) is 7.24. The molecule has 1 fully saturated rings. The van der Waals surface area contributed by atoms with Crippen LogP contribution in [0.4, 0.5) is 4.39 Å². The van der Waals surface area contributed by atoms with E-state index in [1.807, 2.05) is 0 Å². The Morgan fingerprint density at radius 1 is 1.45 bits per heavy atom. The maximum Gasteiger partial charge on any atom is 0.276 e. The monoisotopic (exact) mass is 304 g/mol. The predicted molar refractivity (Wildman–Crippen MR) is 76.7 cm³/mol. The molecule has 22 heavy (non-hydrogen) atoms. The number of rotatable bonds is 6. The second kappa shape index (κ2) is 6.23. The van der Waals surface area contributed by atoms with E-state index >= 15 is 0 Å². The summed E-state index contributed by atoms with van der Waals surface area (Å²) in [7, 11) is 0. The molecule has 0 spiro atoms. The summed E-state index contributed by atoms with van der Waals surface area (Å²) >= 11 is 0. The fourth-order valence-corrected chi connectivity index (χ4v) is 2.39. The minimum Gasteiger partial charge on any atom is -0.395 e. The second-order valence-corrected chi connectivity index (χ2v) is 5.38. The first-order valence-corrected chi connectivity index (χ1v) is 7.24. The highest BCUT2D eigenvalue weighted by molar-refractivity contribution is 5.92. The lowest BCUT2D eigenvalue weighted by molar-refractivity contribution is 0.0701. The van der Waals surface area contributed by atoms with Crippen molar-refractivity contribution in [2.45, 2.75) is 25.4 Å².